The fraction of sp³-hybridized carbons (Fsp3) is 0.138. The van der Waals surface area contributed by atoms with Gasteiger partial charge in [0, 0.05) is 46.9 Å². The van der Waals surface area contributed by atoms with Crippen molar-refractivity contribution in [3.05, 3.63) is 103 Å². The van der Waals surface area contributed by atoms with Crippen LogP contribution in [0.3, 0.4) is 0 Å². The summed E-state index contributed by atoms with van der Waals surface area (Å²) in [5, 5.41) is 0.450. The summed E-state index contributed by atoms with van der Waals surface area (Å²) < 4.78 is 37.7. The maximum absolute atomic E-state index is 13.5. The molecule has 1 unspecified atom stereocenters. The van der Waals surface area contributed by atoms with Gasteiger partial charge in [0.1, 0.15) is 15.7 Å². The standard InChI is InChI=1S/C29H24FN3O2S/c1-19(36(2,34)35)15-20-16-23-7-4-12-31-27(23)26(17-20)22-5-3-6-24(18-22)29-28(32-13-14-33-29)21-8-10-25(30)11-9-21/h3-14,16-19H,15H2,1-2H3. The maximum atomic E-state index is 13.5. The Morgan fingerprint density at radius 3 is 2.19 bits per heavy atom. The number of aromatic nitrogens is 3. The van der Waals surface area contributed by atoms with Gasteiger partial charge < -0.3 is 0 Å². The normalized spacial score (nSPS) is 12.5. The van der Waals surface area contributed by atoms with E-state index >= 15 is 0 Å². The fourth-order valence-corrected chi connectivity index (χ4v) is 4.77. The molecule has 0 spiro atoms. The van der Waals surface area contributed by atoms with Crippen molar-refractivity contribution < 1.29 is 12.8 Å². The van der Waals surface area contributed by atoms with Gasteiger partial charge in [0.15, 0.2) is 0 Å². The Morgan fingerprint density at radius 1 is 0.778 bits per heavy atom. The third-order valence-electron chi connectivity index (χ3n) is 6.28. The van der Waals surface area contributed by atoms with E-state index in [9.17, 15) is 12.8 Å². The molecule has 0 bridgehead atoms. The van der Waals surface area contributed by atoms with Gasteiger partial charge in [-0.2, -0.15) is 0 Å². The number of hydrogen-bond donors (Lipinski definition) is 0. The van der Waals surface area contributed by atoms with E-state index < -0.39 is 15.1 Å². The summed E-state index contributed by atoms with van der Waals surface area (Å²) in [5.41, 5.74) is 6.59. The topological polar surface area (TPSA) is 72.8 Å². The first-order chi connectivity index (χ1) is 17.3. The van der Waals surface area contributed by atoms with Crippen LogP contribution in [0.25, 0.3) is 44.5 Å². The van der Waals surface area contributed by atoms with E-state index in [0.717, 1.165) is 38.7 Å². The summed E-state index contributed by atoms with van der Waals surface area (Å²) in [6, 6.07) is 22.0. The lowest BCUT2D eigenvalue weighted by Gasteiger charge is -2.14. The number of rotatable bonds is 6. The molecular weight excluding hydrogens is 473 g/mol. The highest BCUT2D eigenvalue weighted by Gasteiger charge is 2.18. The molecule has 7 heteroatoms. The van der Waals surface area contributed by atoms with E-state index in [1.54, 1.807) is 37.6 Å². The molecule has 0 aliphatic carbocycles. The molecule has 2 heterocycles. The van der Waals surface area contributed by atoms with Crippen molar-refractivity contribution in [2.45, 2.75) is 18.6 Å². The van der Waals surface area contributed by atoms with E-state index in [1.165, 1.54) is 18.4 Å². The van der Waals surface area contributed by atoms with Crippen LogP contribution in [0.5, 0.6) is 0 Å². The first-order valence-electron chi connectivity index (χ1n) is 11.5. The van der Waals surface area contributed by atoms with Crippen LogP contribution in [0, 0.1) is 5.82 Å². The van der Waals surface area contributed by atoms with Gasteiger partial charge in [-0.15, -0.1) is 0 Å². The van der Waals surface area contributed by atoms with Crippen LogP contribution in [0.4, 0.5) is 4.39 Å². The second-order valence-electron chi connectivity index (χ2n) is 8.90. The molecule has 0 saturated carbocycles. The van der Waals surface area contributed by atoms with Crippen molar-refractivity contribution in [2.75, 3.05) is 6.26 Å². The molecule has 0 aliphatic rings. The number of fused-ring (bicyclic) bond motifs is 1. The van der Waals surface area contributed by atoms with Crippen LogP contribution < -0.4 is 0 Å². The van der Waals surface area contributed by atoms with E-state index in [-0.39, 0.29) is 5.82 Å². The van der Waals surface area contributed by atoms with Crippen LogP contribution in [0.1, 0.15) is 12.5 Å². The molecule has 0 N–H and O–H groups in total. The Labute approximate surface area is 209 Å². The molecule has 5 rings (SSSR count). The molecule has 2 aromatic heterocycles. The van der Waals surface area contributed by atoms with Crippen molar-refractivity contribution in [1.82, 2.24) is 15.0 Å². The lowest BCUT2D eigenvalue weighted by Crippen LogP contribution is -2.18. The summed E-state index contributed by atoms with van der Waals surface area (Å²) in [5.74, 6) is -0.310. The van der Waals surface area contributed by atoms with Gasteiger partial charge >= 0.3 is 0 Å². The molecule has 180 valence electrons. The molecule has 0 amide bonds. The number of halogens is 1. The second-order valence-corrected chi connectivity index (χ2v) is 11.4. The van der Waals surface area contributed by atoms with E-state index in [1.807, 2.05) is 48.5 Å². The quantitative estimate of drug-likeness (QED) is 0.282. The zero-order chi connectivity index (χ0) is 25.3. The van der Waals surface area contributed by atoms with Gasteiger partial charge in [0.05, 0.1) is 22.2 Å². The SMILES string of the molecule is CC(Cc1cc(-c2cccc(-c3nccnc3-c3ccc(F)cc3)c2)c2ncccc2c1)S(C)(=O)=O. The van der Waals surface area contributed by atoms with Gasteiger partial charge in [0.2, 0.25) is 0 Å². The summed E-state index contributed by atoms with van der Waals surface area (Å²) >= 11 is 0. The Kier molecular flexibility index (Phi) is 6.33. The van der Waals surface area contributed by atoms with Crippen LogP contribution >= 0.6 is 0 Å². The second kappa shape index (κ2) is 9.59. The number of hydrogen-bond acceptors (Lipinski definition) is 5. The Balaban J connectivity index is 1.63. The number of pyridine rings is 1. The number of sulfone groups is 1. The van der Waals surface area contributed by atoms with Gasteiger partial charge in [-0.1, -0.05) is 24.3 Å². The van der Waals surface area contributed by atoms with Gasteiger partial charge in [0.25, 0.3) is 0 Å². The third-order valence-corrected chi connectivity index (χ3v) is 7.91. The molecule has 3 aromatic carbocycles. The molecule has 36 heavy (non-hydrogen) atoms. The lowest BCUT2D eigenvalue weighted by atomic mass is 9.95. The van der Waals surface area contributed by atoms with Gasteiger partial charge in [-0.25, -0.2) is 12.8 Å². The summed E-state index contributed by atoms with van der Waals surface area (Å²) in [6.07, 6.45) is 6.69. The van der Waals surface area contributed by atoms with E-state index in [2.05, 4.69) is 15.0 Å². The molecule has 0 radical (unpaired) electrons. The monoisotopic (exact) mass is 497 g/mol. The fourth-order valence-electron chi connectivity index (χ4n) is 4.28. The summed E-state index contributed by atoms with van der Waals surface area (Å²) in [4.78, 5) is 13.7. The maximum Gasteiger partial charge on any atom is 0.150 e. The summed E-state index contributed by atoms with van der Waals surface area (Å²) in [6.45, 7) is 1.73. The van der Waals surface area contributed by atoms with Gasteiger partial charge in [-0.3, -0.25) is 15.0 Å². The zero-order valence-electron chi connectivity index (χ0n) is 19.9. The van der Waals surface area contributed by atoms with Crippen LogP contribution in [0.2, 0.25) is 0 Å². The third kappa shape index (κ3) is 4.88. The minimum atomic E-state index is -3.16. The van der Waals surface area contributed by atoms with Crippen LogP contribution in [0.15, 0.2) is 91.4 Å². The average molecular weight is 498 g/mol. The molecule has 1 atom stereocenters. The molecule has 0 fully saturated rings. The van der Waals surface area contributed by atoms with Crippen molar-refractivity contribution in [1.29, 1.82) is 0 Å². The zero-order valence-corrected chi connectivity index (χ0v) is 20.7. The Bertz CT molecular complexity index is 1670. The largest absolute Gasteiger partial charge is 0.256 e. The molecular formula is C29H24FN3O2S. The predicted molar refractivity (Wildman–Crippen MR) is 142 cm³/mol. The molecule has 5 aromatic rings. The first kappa shape index (κ1) is 23.8. The van der Waals surface area contributed by atoms with Crippen molar-refractivity contribution in [3.63, 3.8) is 0 Å². The summed E-state index contributed by atoms with van der Waals surface area (Å²) in [7, 11) is -3.16. The van der Waals surface area contributed by atoms with Crippen molar-refractivity contribution >= 4 is 20.7 Å². The van der Waals surface area contributed by atoms with Crippen LogP contribution in [-0.4, -0.2) is 34.9 Å². The molecule has 0 saturated heterocycles. The lowest BCUT2D eigenvalue weighted by molar-refractivity contribution is 0.588. The Morgan fingerprint density at radius 2 is 1.47 bits per heavy atom. The number of nitrogens with zero attached hydrogens (tertiary/aromatic N) is 3. The van der Waals surface area contributed by atoms with Gasteiger partial charge in [-0.05, 0) is 73.0 Å². The highest BCUT2D eigenvalue weighted by Crippen LogP contribution is 2.34. The first-order valence-corrected chi connectivity index (χ1v) is 13.5. The highest BCUT2D eigenvalue weighted by atomic mass is 32.2. The van der Waals surface area contributed by atoms with E-state index in [4.69, 9.17) is 0 Å². The smallest absolute Gasteiger partial charge is 0.150 e. The molecule has 5 nitrogen and oxygen atoms in total. The average Bonchev–Trinajstić information content (AvgIpc) is 2.88. The minimum Gasteiger partial charge on any atom is -0.256 e. The predicted octanol–water partition coefficient (Wildman–Crippen LogP) is 6.14. The van der Waals surface area contributed by atoms with E-state index in [0.29, 0.717) is 17.8 Å². The minimum absolute atomic E-state index is 0.310. The highest BCUT2D eigenvalue weighted by molar-refractivity contribution is 7.91. The number of benzene rings is 3. The molecule has 0 aliphatic heterocycles. The van der Waals surface area contributed by atoms with Crippen molar-refractivity contribution in [2.24, 2.45) is 0 Å². The van der Waals surface area contributed by atoms with Crippen LogP contribution in [-0.2, 0) is 16.3 Å². The Hall–Kier alpha value is -3.97. The van der Waals surface area contributed by atoms with Crippen molar-refractivity contribution in [3.8, 4) is 33.6 Å².